The zero-order valence-electron chi connectivity index (χ0n) is 14.6. The lowest BCUT2D eigenvalue weighted by Gasteiger charge is -2.22. The SMILES string of the molecule is O=C(NC(CO)C1CCOC1)OCC1c2ccccc2-c2ccccc21. The monoisotopic (exact) mass is 353 g/mol. The molecule has 0 radical (unpaired) electrons. The van der Waals surface area contributed by atoms with Gasteiger partial charge in [0, 0.05) is 18.4 Å². The lowest BCUT2D eigenvalue weighted by molar-refractivity contribution is 0.118. The van der Waals surface area contributed by atoms with Crippen molar-refractivity contribution in [3.05, 3.63) is 59.7 Å². The molecule has 2 atom stereocenters. The molecule has 26 heavy (non-hydrogen) atoms. The second-order valence-electron chi connectivity index (χ2n) is 6.88. The molecule has 2 aromatic rings. The molecule has 4 rings (SSSR count). The molecule has 2 aromatic carbocycles. The summed E-state index contributed by atoms with van der Waals surface area (Å²) in [6, 6.07) is 16.2. The van der Waals surface area contributed by atoms with Crippen LogP contribution in [0.15, 0.2) is 48.5 Å². The first-order chi connectivity index (χ1) is 12.8. The number of benzene rings is 2. The van der Waals surface area contributed by atoms with Crippen molar-refractivity contribution in [3.8, 4) is 11.1 Å². The Bertz CT molecular complexity index is 740. The van der Waals surface area contributed by atoms with Gasteiger partial charge in [-0.1, -0.05) is 48.5 Å². The fourth-order valence-electron chi connectivity index (χ4n) is 3.97. The van der Waals surface area contributed by atoms with Gasteiger partial charge in [-0.15, -0.1) is 0 Å². The maximum atomic E-state index is 12.3. The molecule has 1 amide bonds. The van der Waals surface area contributed by atoms with Crippen LogP contribution >= 0.6 is 0 Å². The van der Waals surface area contributed by atoms with Gasteiger partial charge in [0.05, 0.1) is 19.3 Å². The third kappa shape index (κ3) is 3.20. The molecule has 1 heterocycles. The molecule has 1 saturated heterocycles. The van der Waals surface area contributed by atoms with Gasteiger partial charge in [0.25, 0.3) is 0 Å². The van der Waals surface area contributed by atoms with E-state index in [0.29, 0.717) is 13.2 Å². The first-order valence-corrected chi connectivity index (χ1v) is 9.08. The molecule has 5 nitrogen and oxygen atoms in total. The largest absolute Gasteiger partial charge is 0.449 e. The van der Waals surface area contributed by atoms with Gasteiger partial charge in [-0.3, -0.25) is 0 Å². The van der Waals surface area contributed by atoms with Gasteiger partial charge in [-0.25, -0.2) is 4.79 Å². The maximum absolute atomic E-state index is 12.3. The first kappa shape index (κ1) is 17.1. The number of carbonyl (C=O) groups excluding carboxylic acids is 1. The summed E-state index contributed by atoms with van der Waals surface area (Å²) in [4.78, 5) is 12.3. The van der Waals surface area contributed by atoms with Gasteiger partial charge in [-0.05, 0) is 28.7 Å². The molecule has 5 heteroatoms. The highest BCUT2D eigenvalue weighted by Gasteiger charge is 2.30. The minimum atomic E-state index is -0.488. The Morgan fingerprint density at radius 2 is 1.81 bits per heavy atom. The molecule has 0 saturated carbocycles. The Hall–Kier alpha value is -2.37. The lowest BCUT2D eigenvalue weighted by Crippen LogP contribution is -2.43. The van der Waals surface area contributed by atoms with Crippen LogP contribution in [0.3, 0.4) is 0 Å². The van der Waals surface area contributed by atoms with Crippen LogP contribution in [0.4, 0.5) is 4.79 Å². The molecule has 2 N–H and O–H groups in total. The maximum Gasteiger partial charge on any atom is 0.407 e. The van der Waals surface area contributed by atoms with Crippen LogP contribution < -0.4 is 5.32 Å². The molecular weight excluding hydrogens is 330 g/mol. The highest BCUT2D eigenvalue weighted by Crippen LogP contribution is 2.44. The molecule has 1 aliphatic carbocycles. The molecule has 136 valence electrons. The number of ether oxygens (including phenoxy) is 2. The fraction of sp³-hybridized carbons (Fsp3) is 0.381. The van der Waals surface area contributed by atoms with Crippen LogP contribution in [0.5, 0.6) is 0 Å². The quantitative estimate of drug-likeness (QED) is 0.867. The van der Waals surface area contributed by atoms with Crippen molar-refractivity contribution in [2.45, 2.75) is 18.4 Å². The van der Waals surface area contributed by atoms with E-state index in [4.69, 9.17) is 9.47 Å². The van der Waals surface area contributed by atoms with E-state index in [9.17, 15) is 9.90 Å². The number of rotatable bonds is 5. The third-order valence-corrected chi connectivity index (χ3v) is 5.38. The smallest absolute Gasteiger partial charge is 0.407 e. The van der Waals surface area contributed by atoms with Crippen LogP contribution in [0.2, 0.25) is 0 Å². The highest BCUT2D eigenvalue weighted by atomic mass is 16.5. The number of hydrogen-bond acceptors (Lipinski definition) is 4. The molecule has 0 aromatic heterocycles. The van der Waals surface area contributed by atoms with Crippen LogP contribution in [0.1, 0.15) is 23.5 Å². The van der Waals surface area contributed by atoms with Crippen LogP contribution in [0, 0.1) is 5.92 Å². The predicted molar refractivity (Wildman–Crippen MR) is 98.0 cm³/mol. The van der Waals surface area contributed by atoms with E-state index in [1.165, 1.54) is 22.3 Å². The van der Waals surface area contributed by atoms with Gasteiger partial charge in [0.15, 0.2) is 0 Å². The second-order valence-corrected chi connectivity index (χ2v) is 6.88. The van der Waals surface area contributed by atoms with E-state index in [2.05, 4.69) is 29.6 Å². The molecule has 0 bridgehead atoms. The van der Waals surface area contributed by atoms with E-state index in [1.807, 2.05) is 24.3 Å². The van der Waals surface area contributed by atoms with Crippen molar-refractivity contribution in [1.29, 1.82) is 0 Å². The van der Waals surface area contributed by atoms with Gasteiger partial charge >= 0.3 is 6.09 Å². The van der Waals surface area contributed by atoms with Gasteiger partial charge in [-0.2, -0.15) is 0 Å². The number of aliphatic hydroxyl groups excluding tert-OH is 1. The number of amides is 1. The van der Waals surface area contributed by atoms with Crippen molar-refractivity contribution in [3.63, 3.8) is 0 Å². The summed E-state index contributed by atoms with van der Waals surface area (Å²) in [5.41, 5.74) is 4.77. The predicted octanol–water partition coefficient (Wildman–Crippen LogP) is 2.92. The molecule has 0 spiro atoms. The topological polar surface area (TPSA) is 67.8 Å². The van der Waals surface area contributed by atoms with E-state index in [1.54, 1.807) is 0 Å². The summed E-state index contributed by atoms with van der Waals surface area (Å²) in [5, 5.41) is 12.3. The number of nitrogens with one attached hydrogen (secondary N) is 1. The molecule has 2 aliphatic rings. The van der Waals surface area contributed by atoms with E-state index in [-0.39, 0.29) is 31.1 Å². The Morgan fingerprint density at radius 1 is 1.15 bits per heavy atom. The standard InChI is InChI=1S/C21H23NO4/c23-11-20(14-9-10-25-12-14)22-21(24)26-13-19-17-7-3-1-5-15(17)16-6-2-4-8-18(16)19/h1-8,14,19-20,23H,9-13H2,(H,22,24). The summed E-state index contributed by atoms with van der Waals surface area (Å²) in [6.45, 7) is 1.40. The van der Waals surface area contributed by atoms with Crippen molar-refractivity contribution < 1.29 is 19.4 Å². The fourth-order valence-corrected chi connectivity index (χ4v) is 3.97. The number of aliphatic hydroxyl groups is 1. The summed E-state index contributed by atoms with van der Waals surface area (Å²) in [5.74, 6) is 0.177. The zero-order chi connectivity index (χ0) is 17.9. The zero-order valence-corrected chi connectivity index (χ0v) is 14.6. The van der Waals surface area contributed by atoms with Gasteiger partial charge < -0.3 is 19.9 Å². The van der Waals surface area contributed by atoms with Crippen molar-refractivity contribution in [2.75, 3.05) is 26.4 Å². The second kappa shape index (κ2) is 7.48. The summed E-state index contributed by atoms with van der Waals surface area (Å²) in [6.07, 6.45) is 0.354. The Kier molecular flexibility index (Phi) is 4.91. The van der Waals surface area contributed by atoms with E-state index < -0.39 is 6.09 Å². The van der Waals surface area contributed by atoms with Crippen molar-refractivity contribution in [1.82, 2.24) is 5.32 Å². The van der Waals surface area contributed by atoms with Crippen LogP contribution in [-0.4, -0.2) is 43.7 Å². The van der Waals surface area contributed by atoms with Gasteiger partial charge in [0.2, 0.25) is 0 Å². The molecule has 2 unspecified atom stereocenters. The minimum Gasteiger partial charge on any atom is -0.449 e. The Labute approximate surface area is 152 Å². The number of hydrogen-bond donors (Lipinski definition) is 2. The van der Waals surface area contributed by atoms with E-state index in [0.717, 1.165) is 6.42 Å². The number of carbonyl (C=O) groups is 1. The molecule has 1 aliphatic heterocycles. The Morgan fingerprint density at radius 3 is 2.38 bits per heavy atom. The van der Waals surface area contributed by atoms with Gasteiger partial charge in [0.1, 0.15) is 6.61 Å². The summed E-state index contributed by atoms with van der Waals surface area (Å²) < 4.78 is 10.9. The number of fused-ring (bicyclic) bond motifs is 3. The Balaban J connectivity index is 1.43. The molecular formula is C21H23NO4. The van der Waals surface area contributed by atoms with Crippen molar-refractivity contribution in [2.24, 2.45) is 5.92 Å². The van der Waals surface area contributed by atoms with Crippen molar-refractivity contribution >= 4 is 6.09 Å². The summed E-state index contributed by atoms with van der Waals surface area (Å²) >= 11 is 0. The average Bonchev–Trinajstić information content (AvgIpc) is 3.31. The summed E-state index contributed by atoms with van der Waals surface area (Å²) in [7, 11) is 0. The minimum absolute atomic E-state index is 0.0375. The highest BCUT2D eigenvalue weighted by molar-refractivity contribution is 5.79. The van der Waals surface area contributed by atoms with Crippen LogP contribution in [-0.2, 0) is 9.47 Å². The number of alkyl carbamates (subject to hydrolysis) is 1. The third-order valence-electron chi connectivity index (χ3n) is 5.38. The first-order valence-electron chi connectivity index (χ1n) is 9.08. The van der Waals surface area contributed by atoms with E-state index >= 15 is 0 Å². The lowest BCUT2D eigenvalue weighted by atomic mass is 9.98. The average molecular weight is 353 g/mol. The normalized spacial score (nSPS) is 19.7. The van der Waals surface area contributed by atoms with Crippen LogP contribution in [0.25, 0.3) is 11.1 Å². The molecule has 1 fully saturated rings.